The molecular formula is C16H25ClN2O2. The van der Waals surface area contributed by atoms with E-state index in [1.54, 1.807) is 7.11 Å². The molecule has 1 heterocycles. The third kappa shape index (κ3) is 4.33. The third-order valence-corrected chi connectivity index (χ3v) is 4.29. The molecule has 0 bridgehead atoms. The van der Waals surface area contributed by atoms with Crippen molar-refractivity contribution >= 4 is 17.3 Å². The first-order valence-corrected chi connectivity index (χ1v) is 7.83. The minimum Gasteiger partial charge on any atom is -0.383 e. The van der Waals surface area contributed by atoms with E-state index in [9.17, 15) is 0 Å². The van der Waals surface area contributed by atoms with Crippen LogP contribution in [0.25, 0.3) is 0 Å². The Labute approximate surface area is 132 Å². The number of benzene rings is 1. The predicted octanol–water partition coefficient (Wildman–Crippen LogP) is 2.69. The Morgan fingerprint density at radius 1 is 1.48 bits per heavy atom. The second kappa shape index (κ2) is 7.99. The molecule has 0 saturated carbocycles. The monoisotopic (exact) mass is 312 g/mol. The van der Waals surface area contributed by atoms with Crippen LogP contribution < -0.4 is 10.2 Å². The molecule has 1 aliphatic heterocycles. The van der Waals surface area contributed by atoms with Crippen molar-refractivity contribution in [1.29, 1.82) is 0 Å². The van der Waals surface area contributed by atoms with Gasteiger partial charge in [0.15, 0.2) is 0 Å². The van der Waals surface area contributed by atoms with Gasteiger partial charge in [-0.25, -0.2) is 0 Å². The summed E-state index contributed by atoms with van der Waals surface area (Å²) in [6.45, 7) is 5.33. The number of hydrogen-bond acceptors (Lipinski definition) is 4. The van der Waals surface area contributed by atoms with Gasteiger partial charge in [-0.1, -0.05) is 17.7 Å². The first kappa shape index (κ1) is 16.6. The second-order valence-electron chi connectivity index (χ2n) is 5.49. The lowest BCUT2D eigenvalue weighted by atomic mass is 10.1. The van der Waals surface area contributed by atoms with Gasteiger partial charge in [-0.2, -0.15) is 0 Å². The van der Waals surface area contributed by atoms with E-state index < -0.39 is 0 Å². The third-order valence-electron chi connectivity index (χ3n) is 4.06. The molecule has 0 aromatic heterocycles. The molecule has 5 heteroatoms. The summed E-state index contributed by atoms with van der Waals surface area (Å²) in [6.07, 6.45) is 1.31. The zero-order valence-electron chi connectivity index (χ0n) is 13.1. The first-order chi connectivity index (χ1) is 10.1. The summed E-state index contributed by atoms with van der Waals surface area (Å²) in [4.78, 5) is 2.30. The van der Waals surface area contributed by atoms with Crippen molar-refractivity contribution in [2.75, 3.05) is 38.8 Å². The fourth-order valence-electron chi connectivity index (χ4n) is 2.82. The molecule has 0 spiro atoms. The van der Waals surface area contributed by atoms with Crippen LogP contribution >= 0.6 is 11.6 Å². The molecule has 1 N–H and O–H groups in total. The summed E-state index contributed by atoms with van der Waals surface area (Å²) in [5.74, 6) is 0. The molecular weight excluding hydrogens is 288 g/mol. The van der Waals surface area contributed by atoms with Crippen molar-refractivity contribution in [3.63, 3.8) is 0 Å². The number of methoxy groups -OCH3 is 1. The first-order valence-electron chi connectivity index (χ1n) is 7.46. The lowest BCUT2D eigenvalue weighted by molar-refractivity contribution is 0.118. The van der Waals surface area contributed by atoms with Gasteiger partial charge >= 0.3 is 0 Å². The molecule has 2 unspecified atom stereocenters. The summed E-state index contributed by atoms with van der Waals surface area (Å²) >= 11 is 6.19. The van der Waals surface area contributed by atoms with Gasteiger partial charge in [0.05, 0.1) is 18.8 Å². The van der Waals surface area contributed by atoms with Crippen LogP contribution in [0.4, 0.5) is 5.69 Å². The van der Waals surface area contributed by atoms with Crippen LogP contribution in [0.2, 0.25) is 5.02 Å². The Morgan fingerprint density at radius 2 is 2.29 bits per heavy atom. The molecule has 118 valence electrons. The van der Waals surface area contributed by atoms with Crippen LogP contribution in [0.1, 0.15) is 18.9 Å². The van der Waals surface area contributed by atoms with Crippen molar-refractivity contribution in [3.8, 4) is 0 Å². The van der Waals surface area contributed by atoms with Gasteiger partial charge in [0, 0.05) is 44.6 Å². The van der Waals surface area contributed by atoms with Crippen LogP contribution in [0, 0.1) is 0 Å². The molecule has 1 aromatic rings. The van der Waals surface area contributed by atoms with E-state index in [0.717, 1.165) is 31.1 Å². The van der Waals surface area contributed by atoms with E-state index in [2.05, 4.69) is 30.3 Å². The predicted molar refractivity (Wildman–Crippen MR) is 87.3 cm³/mol. The van der Waals surface area contributed by atoms with Gasteiger partial charge in [0.25, 0.3) is 0 Å². The van der Waals surface area contributed by atoms with Crippen LogP contribution in [0.15, 0.2) is 18.2 Å². The number of halogens is 1. The smallest absolute Gasteiger partial charge is 0.0750 e. The van der Waals surface area contributed by atoms with Crippen LogP contribution in [0.3, 0.4) is 0 Å². The van der Waals surface area contributed by atoms with Crippen LogP contribution in [-0.2, 0) is 16.0 Å². The van der Waals surface area contributed by atoms with Crippen molar-refractivity contribution in [2.24, 2.45) is 0 Å². The normalized spacial score (nSPS) is 21.7. The van der Waals surface area contributed by atoms with Crippen molar-refractivity contribution in [1.82, 2.24) is 5.32 Å². The van der Waals surface area contributed by atoms with Gasteiger partial charge in [-0.05, 0) is 31.0 Å². The number of hydrogen-bond donors (Lipinski definition) is 1. The number of anilines is 1. The minimum absolute atomic E-state index is 0.253. The average Bonchev–Trinajstić information content (AvgIpc) is 2.90. The summed E-state index contributed by atoms with van der Waals surface area (Å²) in [5.41, 5.74) is 2.42. The summed E-state index contributed by atoms with van der Waals surface area (Å²) in [5, 5.41) is 4.16. The van der Waals surface area contributed by atoms with Crippen molar-refractivity contribution in [2.45, 2.75) is 32.0 Å². The zero-order valence-corrected chi connectivity index (χ0v) is 13.8. The lowest BCUT2D eigenvalue weighted by Crippen LogP contribution is -2.37. The molecule has 0 radical (unpaired) electrons. The number of likely N-dealkylation sites (N-methyl/N-ethyl adjacent to an activating group) is 1. The van der Waals surface area contributed by atoms with E-state index >= 15 is 0 Å². The Hall–Kier alpha value is -0.810. The molecule has 1 fully saturated rings. The maximum atomic E-state index is 6.19. The van der Waals surface area contributed by atoms with Gasteiger partial charge in [0.1, 0.15) is 0 Å². The average molecular weight is 313 g/mol. The SMILES string of the molecule is COCCNCc1ccc(Cl)cc1N(C)C1CCOC1C. The maximum absolute atomic E-state index is 6.19. The molecule has 1 aliphatic rings. The maximum Gasteiger partial charge on any atom is 0.0750 e. The fourth-order valence-corrected chi connectivity index (χ4v) is 2.99. The Morgan fingerprint density at radius 3 is 2.95 bits per heavy atom. The number of rotatable bonds is 7. The van der Waals surface area contributed by atoms with Crippen LogP contribution in [0.5, 0.6) is 0 Å². The highest BCUT2D eigenvalue weighted by Crippen LogP contribution is 2.29. The van der Waals surface area contributed by atoms with Crippen molar-refractivity contribution in [3.05, 3.63) is 28.8 Å². The molecule has 1 saturated heterocycles. The highest BCUT2D eigenvalue weighted by molar-refractivity contribution is 6.30. The largest absolute Gasteiger partial charge is 0.383 e. The van der Waals surface area contributed by atoms with E-state index in [-0.39, 0.29) is 6.10 Å². The van der Waals surface area contributed by atoms with Gasteiger partial charge in [-0.3, -0.25) is 0 Å². The van der Waals surface area contributed by atoms with E-state index in [4.69, 9.17) is 21.1 Å². The zero-order chi connectivity index (χ0) is 15.2. The Bertz CT molecular complexity index is 456. The standard InChI is InChI=1S/C16H25ClN2O2/c1-12-15(6-8-21-12)19(2)16-10-14(17)5-4-13(16)11-18-7-9-20-3/h4-5,10,12,15,18H,6-9,11H2,1-3H3. The van der Waals surface area contributed by atoms with E-state index in [1.807, 2.05) is 12.1 Å². The second-order valence-corrected chi connectivity index (χ2v) is 5.92. The molecule has 0 aliphatic carbocycles. The van der Waals surface area contributed by atoms with Crippen LogP contribution in [-0.4, -0.2) is 46.1 Å². The quantitative estimate of drug-likeness (QED) is 0.785. The lowest BCUT2D eigenvalue weighted by Gasteiger charge is -2.31. The summed E-state index contributed by atoms with van der Waals surface area (Å²) in [6, 6.07) is 6.48. The number of nitrogens with one attached hydrogen (secondary N) is 1. The summed E-state index contributed by atoms with van der Waals surface area (Å²) in [7, 11) is 3.84. The van der Waals surface area contributed by atoms with Gasteiger partial charge in [-0.15, -0.1) is 0 Å². The molecule has 2 atom stereocenters. The summed E-state index contributed by atoms with van der Waals surface area (Å²) < 4.78 is 10.7. The van der Waals surface area contributed by atoms with E-state index in [0.29, 0.717) is 12.6 Å². The Kier molecular flexibility index (Phi) is 6.30. The fraction of sp³-hybridized carbons (Fsp3) is 0.625. The van der Waals surface area contributed by atoms with Gasteiger partial charge < -0.3 is 19.7 Å². The van der Waals surface area contributed by atoms with Gasteiger partial charge in [0.2, 0.25) is 0 Å². The highest BCUT2D eigenvalue weighted by Gasteiger charge is 2.29. The highest BCUT2D eigenvalue weighted by atomic mass is 35.5. The minimum atomic E-state index is 0.253. The molecule has 1 aromatic carbocycles. The van der Waals surface area contributed by atoms with E-state index in [1.165, 1.54) is 11.3 Å². The number of nitrogens with zero attached hydrogens (tertiary/aromatic N) is 1. The molecule has 2 rings (SSSR count). The topological polar surface area (TPSA) is 33.7 Å². The molecule has 4 nitrogen and oxygen atoms in total. The molecule has 21 heavy (non-hydrogen) atoms. The molecule has 0 amide bonds. The Balaban J connectivity index is 2.10. The van der Waals surface area contributed by atoms with Crippen molar-refractivity contribution < 1.29 is 9.47 Å². The number of ether oxygens (including phenoxy) is 2.